The Balaban J connectivity index is 2.10. The molecule has 0 aliphatic heterocycles. The van der Waals surface area contributed by atoms with E-state index in [1.54, 1.807) is 7.05 Å². The number of nitrogens with one attached hydrogen (secondary N) is 1. The predicted molar refractivity (Wildman–Crippen MR) is 81.3 cm³/mol. The van der Waals surface area contributed by atoms with Gasteiger partial charge in [-0.05, 0) is 19.1 Å². The number of anilines is 1. The van der Waals surface area contributed by atoms with Crippen LogP contribution >= 0.6 is 0 Å². The summed E-state index contributed by atoms with van der Waals surface area (Å²) in [5.41, 5.74) is 1.59. The van der Waals surface area contributed by atoms with Gasteiger partial charge in [0.05, 0.1) is 12.1 Å². The average molecular weight is 281 g/mol. The molecular formula is C15H15N5O. The Morgan fingerprint density at radius 1 is 1.00 bits per heavy atom. The Hall–Kier alpha value is -2.76. The van der Waals surface area contributed by atoms with Crippen LogP contribution in [0, 0.1) is 0 Å². The molecule has 0 spiro atoms. The van der Waals surface area contributed by atoms with E-state index in [1.165, 1.54) is 0 Å². The first kappa shape index (κ1) is 13.2. The molecule has 2 heterocycles. The van der Waals surface area contributed by atoms with Gasteiger partial charge in [0.25, 0.3) is 0 Å². The van der Waals surface area contributed by atoms with Gasteiger partial charge < -0.3 is 10.1 Å². The molecule has 0 bridgehead atoms. The van der Waals surface area contributed by atoms with Crippen LogP contribution in [0.15, 0.2) is 36.4 Å². The lowest BCUT2D eigenvalue weighted by Gasteiger charge is -2.07. The molecule has 0 amide bonds. The fourth-order valence-corrected chi connectivity index (χ4v) is 1.97. The van der Waals surface area contributed by atoms with E-state index in [0.717, 1.165) is 10.9 Å². The van der Waals surface area contributed by atoms with E-state index in [-0.39, 0.29) is 0 Å². The quantitative estimate of drug-likeness (QED) is 0.792. The Labute approximate surface area is 122 Å². The molecule has 0 atom stereocenters. The fraction of sp³-hybridized carbons (Fsp3) is 0.200. The second kappa shape index (κ2) is 5.70. The van der Waals surface area contributed by atoms with Crippen molar-refractivity contribution in [1.29, 1.82) is 0 Å². The maximum Gasteiger partial charge on any atom is 0.321 e. The van der Waals surface area contributed by atoms with E-state index in [0.29, 0.717) is 30.1 Å². The number of fused-ring (bicyclic) bond motifs is 1. The first-order chi connectivity index (χ1) is 10.3. The molecule has 21 heavy (non-hydrogen) atoms. The molecule has 0 radical (unpaired) electrons. The van der Waals surface area contributed by atoms with Crippen molar-refractivity contribution in [3.63, 3.8) is 0 Å². The van der Waals surface area contributed by atoms with Crippen molar-refractivity contribution >= 4 is 16.9 Å². The highest BCUT2D eigenvalue weighted by molar-refractivity contribution is 5.80. The van der Waals surface area contributed by atoms with Crippen LogP contribution in [-0.2, 0) is 0 Å². The van der Waals surface area contributed by atoms with E-state index in [9.17, 15) is 0 Å². The van der Waals surface area contributed by atoms with Crippen molar-refractivity contribution in [1.82, 2.24) is 19.9 Å². The number of pyridine rings is 1. The lowest BCUT2D eigenvalue weighted by Crippen LogP contribution is -2.05. The summed E-state index contributed by atoms with van der Waals surface area (Å²) in [6, 6.07) is 12.1. The molecule has 0 unspecified atom stereocenters. The first-order valence-corrected chi connectivity index (χ1v) is 6.73. The largest absolute Gasteiger partial charge is 0.464 e. The van der Waals surface area contributed by atoms with Crippen LogP contribution < -0.4 is 10.1 Å². The molecule has 0 aliphatic rings. The molecule has 2 aromatic heterocycles. The van der Waals surface area contributed by atoms with Crippen molar-refractivity contribution in [2.75, 3.05) is 19.0 Å². The Kier molecular flexibility index (Phi) is 3.59. The minimum absolute atomic E-state index is 0.293. The third-order valence-electron chi connectivity index (χ3n) is 2.94. The Morgan fingerprint density at radius 3 is 2.67 bits per heavy atom. The fourth-order valence-electron chi connectivity index (χ4n) is 1.97. The molecule has 3 rings (SSSR count). The minimum atomic E-state index is 0.293. The zero-order valence-corrected chi connectivity index (χ0v) is 11.9. The van der Waals surface area contributed by atoms with Crippen LogP contribution in [0.3, 0.4) is 0 Å². The van der Waals surface area contributed by atoms with Gasteiger partial charge in [-0.15, -0.1) is 0 Å². The molecule has 0 saturated heterocycles. The molecule has 0 fully saturated rings. The van der Waals surface area contributed by atoms with Gasteiger partial charge in [-0.1, -0.05) is 24.3 Å². The second-order valence-corrected chi connectivity index (χ2v) is 4.34. The SMILES string of the molecule is CCOc1nc(NC)nc(-c2ccc3ccccc3n2)n1. The lowest BCUT2D eigenvalue weighted by molar-refractivity contribution is 0.312. The van der Waals surface area contributed by atoms with Crippen molar-refractivity contribution in [3.05, 3.63) is 36.4 Å². The number of benzene rings is 1. The highest BCUT2D eigenvalue weighted by Crippen LogP contribution is 2.20. The molecular weight excluding hydrogens is 266 g/mol. The monoisotopic (exact) mass is 281 g/mol. The van der Waals surface area contributed by atoms with Crippen LogP contribution in [0.5, 0.6) is 6.01 Å². The zero-order valence-electron chi connectivity index (χ0n) is 11.9. The van der Waals surface area contributed by atoms with Gasteiger partial charge in [0.15, 0.2) is 5.82 Å². The summed E-state index contributed by atoms with van der Waals surface area (Å²) in [6.45, 7) is 2.38. The van der Waals surface area contributed by atoms with E-state index in [2.05, 4.69) is 25.3 Å². The van der Waals surface area contributed by atoms with Crippen LogP contribution in [0.1, 0.15) is 6.92 Å². The van der Waals surface area contributed by atoms with Gasteiger partial charge in [-0.2, -0.15) is 15.0 Å². The maximum absolute atomic E-state index is 5.37. The molecule has 0 aliphatic carbocycles. The third-order valence-corrected chi connectivity index (χ3v) is 2.94. The van der Waals surface area contributed by atoms with Gasteiger partial charge in [0.2, 0.25) is 5.95 Å². The molecule has 106 valence electrons. The summed E-state index contributed by atoms with van der Waals surface area (Å²) in [5, 5.41) is 3.98. The van der Waals surface area contributed by atoms with Crippen LogP contribution in [0.4, 0.5) is 5.95 Å². The predicted octanol–water partition coefficient (Wildman–Crippen LogP) is 2.53. The topological polar surface area (TPSA) is 72.8 Å². The van der Waals surface area contributed by atoms with Crippen LogP contribution in [0.25, 0.3) is 22.4 Å². The van der Waals surface area contributed by atoms with Crippen LogP contribution in [-0.4, -0.2) is 33.6 Å². The Bertz CT molecular complexity index is 775. The number of rotatable bonds is 4. The summed E-state index contributed by atoms with van der Waals surface area (Å²) in [4.78, 5) is 17.4. The zero-order chi connectivity index (χ0) is 14.7. The molecule has 1 N–H and O–H groups in total. The maximum atomic E-state index is 5.37. The number of nitrogens with zero attached hydrogens (tertiary/aromatic N) is 4. The summed E-state index contributed by atoms with van der Waals surface area (Å²) in [7, 11) is 1.75. The molecule has 6 heteroatoms. The summed E-state index contributed by atoms with van der Waals surface area (Å²) >= 11 is 0. The molecule has 1 aromatic carbocycles. The summed E-state index contributed by atoms with van der Waals surface area (Å²) in [6.07, 6.45) is 0. The van der Waals surface area contributed by atoms with Crippen molar-refractivity contribution in [2.24, 2.45) is 0 Å². The second-order valence-electron chi connectivity index (χ2n) is 4.34. The number of para-hydroxylation sites is 1. The van der Waals surface area contributed by atoms with Gasteiger partial charge in [0.1, 0.15) is 5.69 Å². The van der Waals surface area contributed by atoms with Crippen molar-refractivity contribution in [2.45, 2.75) is 6.92 Å². The smallest absolute Gasteiger partial charge is 0.321 e. The lowest BCUT2D eigenvalue weighted by atomic mass is 10.2. The van der Waals surface area contributed by atoms with Crippen molar-refractivity contribution in [3.8, 4) is 17.5 Å². The van der Waals surface area contributed by atoms with Gasteiger partial charge in [0, 0.05) is 12.4 Å². The number of hydrogen-bond acceptors (Lipinski definition) is 6. The van der Waals surface area contributed by atoms with Crippen molar-refractivity contribution < 1.29 is 4.74 Å². The van der Waals surface area contributed by atoms with E-state index >= 15 is 0 Å². The van der Waals surface area contributed by atoms with E-state index in [1.807, 2.05) is 43.3 Å². The van der Waals surface area contributed by atoms with E-state index in [4.69, 9.17) is 4.74 Å². The Morgan fingerprint density at radius 2 is 1.86 bits per heavy atom. The molecule has 6 nitrogen and oxygen atoms in total. The highest BCUT2D eigenvalue weighted by Gasteiger charge is 2.10. The van der Waals surface area contributed by atoms with E-state index < -0.39 is 0 Å². The first-order valence-electron chi connectivity index (χ1n) is 6.73. The number of aromatic nitrogens is 4. The van der Waals surface area contributed by atoms with Gasteiger partial charge in [-0.3, -0.25) is 0 Å². The van der Waals surface area contributed by atoms with Crippen LogP contribution in [0.2, 0.25) is 0 Å². The third kappa shape index (κ3) is 2.74. The van der Waals surface area contributed by atoms with Gasteiger partial charge in [-0.25, -0.2) is 4.98 Å². The molecule has 3 aromatic rings. The average Bonchev–Trinajstić information content (AvgIpc) is 2.54. The highest BCUT2D eigenvalue weighted by atomic mass is 16.5. The number of hydrogen-bond donors (Lipinski definition) is 1. The summed E-state index contributed by atoms with van der Waals surface area (Å²) in [5.74, 6) is 0.946. The standard InChI is InChI=1S/C15H15N5O/c1-3-21-15-19-13(18-14(16-2)20-15)12-9-8-10-6-4-5-7-11(10)17-12/h4-9H,3H2,1-2H3,(H,16,18,19,20). The number of ether oxygens (including phenoxy) is 1. The summed E-state index contributed by atoms with van der Waals surface area (Å²) < 4.78 is 5.37. The molecule has 0 saturated carbocycles. The normalized spacial score (nSPS) is 10.6. The minimum Gasteiger partial charge on any atom is -0.464 e. The van der Waals surface area contributed by atoms with Gasteiger partial charge >= 0.3 is 6.01 Å².